The van der Waals surface area contributed by atoms with Gasteiger partial charge in [-0.3, -0.25) is 14.9 Å². The van der Waals surface area contributed by atoms with Gasteiger partial charge in [-0.2, -0.15) is 0 Å². The topological polar surface area (TPSA) is 110 Å². The van der Waals surface area contributed by atoms with Gasteiger partial charge in [-0.05, 0) is 49.2 Å². The first kappa shape index (κ1) is 19.8. The number of rotatable bonds is 7. The van der Waals surface area contributed by atoms with Gasteiger partial charge in [0, 0.05) is 23.5 Å². The zero-order valence-corrected chi connectivity index (χ0v) is 16.8. The molecule has 0 bridgehead atoms. The SMILES string of the molecule is Cc1ccc(Nc2nnc(SCC(=O)Nc3ccc([N+](=O)[O-])cc3)s2)cc1C. The Kier molecular flexibility index (Phi) is 6.22. The number of nitro groups is 1. The lowest BCUT2D eigenvalue weighted by Crippen LogP contribution is -2.13. The van der Waals surface area contributed by atoms with Crippen LogP contribution in [0.5, 0.6) is 0 Å². The van der Waals surface area contributed by atoms with Gasteiger partial charge < -0.3 is 10.6 Å². The quantitative estimate of drug-likeness (QED) is 0.331. The van der Waals surface area contributed by atoms with Crippen LogP contribution in [0.4, 0.5) is 22.2 Å². The molecule has 0 fully saturated rings. The molecule has 0 unspecified atom stereocenters. The molecule has 3 aromatic rings. The van der Waals surface area contributed by atoms with Crippen molar-refractivity contribution in [1.82, 2.24) is 10.2 Å². The van der Waals surface area contributed by atoms with E-state index in [1.54, 1.807) is 0 Å². The summed E-state index contributed by atoms with van der Waals surface area (Å²) < 4.78 is 0.671. The van der Waals surface area contributed by atoms with E-state index in [1.165, 1.54) is 58.5 Å². The first-order valence-electron chi connectivity index (χ1n) is 8.25. The number of nitrogens with zero attached hydrogens (tertiary/aromatic N) is 3. The minimum Gasteiger partial charge on any atom is -0.330 e. The highest BCUT2D eigenvalue weighted by Crippen LogP contribution is 2.28. The lowest BCUT2D eigenvalue weighted by molar-refractivity contribution is -0.384. The second kappa shape index (κ2) is 8.81. The van der Waals surface area contributed by atoms with Gasteiger partial charge in [-0.1, -0.05) is 29.2 Å². The predicted molar refractivity (Wildman–Crippen MR) is 112 cm³/mol. The molecule has 1 amide bonds. The molecular weight excluding hydrogens is 398 g/mol. The van der Waals surface area contributed by atoms with Crippen molar-refractivity contribution in [2.75, 3.05) is 16.4 Å². The molecule has 8 nitrogen and oxygen atoms in total. The number of hydrogen-bond donors (Lipinski definition) is 2. The van der Waals surface area contributed by atoms with E-state index in [1.807, 2.05) is 25.1 Å². The first-order chi connectivity index (χ1) is 13.4. The van der Waals surface area contributed by atoms with Crippen LogP contribution in [0.15, 0.2) is 46.8 Å². The molecule has 0 aliphatic carbocycles. The number of aromatic nitrogens is 2. The lowest BCUT2D eigenvalue weighted by Gasteiger charge is -2.05. The van der Waals surface area contributed by atoms with Crippen molar-refractivity contribution in [3.63, 3.8) is 0 Å². The minimum atomic E-state index is -0.486. The molecule has 1 aromatic heterocycles. The number of aryl methyl sites for hydroxylation is 2. The van der Waals surface area contributed by atoms with Crippen LogP contribution in [0.3, 0.4) is 0 Å². The Morgan fingerprint density at radius 1 is 1.11 bits per heavy atom. The zero-order chi connectivity index (χ0) is 20.1. The van der Waals surface area contributed by atoms with E-state index in [4.69, 9.17) is 0 Å². The van der Waals surface area contributed by atoms with E-state index in [0.29, 0.717) is 15.2 Å². The van der Waals surface area contributed by atoms with Crippen molar-refractivity contribution in [1.29, 1.82) is 0 Å². The molecule has 0 aliphatic heterocycles. The second-order valence-electron chi connectivity index (χ2n) is 5.94. The van der Waals surface area contributed by atoms with Gasteiger partial charge in [0.25, 0.3) is 5.69 Å². The molecule has 0 saturated heterocycles. The number of anilines is 3. The fraction of sp³-hybridized carbons (Fsp3) is 0.167. The maximum atomic E-state index is 12.0. The van der Waals surface area contributed by atoms with Crippen LogP contribution in [0.25, 0.3) is 0 Å². The van der Waals surface area contributed by atoms with Gasteiger partial charge in [0.2, 0.25) is 11.0 Å². The van der Waals surface area contributed by atoms with Crippen molar-refractivity contribution < 1.29 is 9.72 Å². The summed E-state index contributed by atoms with van der Waals surface area (Å²) in [5.74, 6) is -0.0624. The Hall–Kier alpha value is -2.98. The molecular formula is C18H17N5O3S2. The molecule has 0 saturated carbocycles. The molecule has 0 atom stereocenters. The Balaban J connectivity index is 1.51. The predicted octanol–water partition coefficient (Wildman–Crippen LogP) is 4.54. The van der Waals surface area contributed by atoms with Crippen LogP contribution in [0, 0.1) is 24.0 Å². The van der Waals surface area contributed by atoms with Crippen LogP contribution >= 0.6 is 23.1 Å². The fourth-order valence-electron chi connectivity index (χ4n) is 2.25. The van der Waals surface area contributed by atoms with Crippen LogP contribution in [-0.4, -0.2) is 26.8 Å². The van der Waals surface area contributed by atoms with Gasteiger partial charge in [0.1, 0.15) is 0 Å². The van der Waals surface area contributed by atoms with Gasteiger partial charge in [-0.15, -0.1) is 10.2 Å². The van der Waals surface area contributed by atoms with E-state index in [9.17, 15) is 14.9 Å². The molecule has 2 aromatic carbocycles. The van der Waals surface area contributed by atoms with E-state index in [-0.39, 0.29) is 17.3 Å². The van der Waals surface area contributed by atoms with E-state index >= 15 is 0 Å². The highest BCUT2D eigenvalue weighted by atomic mass is 32.2. The third-order valence-electron chi connectivity index (χ3n) is 3.85. The number of thioether (sulfide) groups is 1. The van der Waals surface area contributed by atoms with Gasteiger partial charge in [0.15, 0.2) is 4.34 Å². The highest BCUT2D eigenvalue weighted by molar-refractivity contribution is 8.01. The number of amides is 1. The zero-order valence-electron chi connectivity index (χ0n) is 15.1. The Morgan fingerprint density at radius 3 is 2.50 bits per heavy atom. The van der Waals surface area contributed by atoms with E-state index in [2.05, 4.69) is 27.8 Å². The summed E-state index contributed by atoms with van der Waals surface area (Å²) in [6, 6.07) is 11.7. The Morgan fingerprint density at radius 2 is 1.82 bits per heavy atom. The van der Waals surface area contributed by atoms with Crippen LogP contribution < -0.4 is 10.6 Å². The molecule has 28 heavy (non-hydrogen) atoms. The summed E-state index contributed by atoms with van der Waals surface area (Å²) in [5.41, 5.74) is 3.83. The number of benzene rings is 2. The number of nitrogens with one attached hydrogen (secondary N) is 2. The van der Waals surface area contributed by atoms with Crippen LogP contribution in [0.1, 0.15) is 11.1 Å². The van der Waals surface area contributed by atoms with Crippen molar-refractivity contribution in [3.05, 3.63) is 63.7 Å². The molecule has 3 rings (SSSR count). The highest BCUT2D eigenvalue weighted by Gasteiger charge is 2.10. The summed E-state index contributed by atoms with van der Waals surface area (Å²) >= 11 is 2.64. The van der Waals surface area contributed by atoms with E-state index < -0.39 is 4.92 Å². The standard InChI is InChI=1S/C18H17N5O3S2/c1-11-3-4-14(9-12(11)2)20-17-21-22-18(28-17)27-10-16(24)19-13-5-7-15(8-6-13)23(25)26/h3-9H,10H2,1-2H3,(H,19,24)(H,20,21). The summed E-state index contributed by atoms with van der Waals surface area (Å²) in [7, 11) is 0. The summed E-state index contributed by atoms with van der Waals surface area (Å²) in [6.07, 6.45) is 0. The molecule has 10 heteroatoms. The van der Waals surface area contributed by atoms with Crippen LogP contribution in [-0.2, 0) is 4.79 Å². The largest absolute Gasteiger partial charge is 0.330 e. The number of nitro benzene ring substituents is 1. The smallest absolute Gasteiger partial charge is 0.269 e. The normalized spacial score (nSPS) is 10.5. The molecule has 0 aliphatic rings. The van der Waals surface area contributed by atoms with E-state index in [0.717, 1.165) is 5.69 Å². The van der Waals surface area contributed by atoms with Crippen molar-refractivity contribution in [3.8, 4) is 0 Å². The first-order valence-corrected chi connectivity index (χ1v) is 10.1. The molecule has 1 heterocycles. The molecule has 0 spiro atoms. The third kappa shape index (κ3) is 5.27. The number of carbonyl (C=O) groups excluding carboxylic acids is 1. The van der Waals surface area contributed by atoms with Gasteiger partial charge in [-0.25, -0.2) is 0 Å². The summed E-state index contributed by atoms with van der Waals surface area (Å²) in [6.45, 7) is 4.10. The molecule has 144 valence electrons. The maximum absolute atomic E-state index is 12.0. The number of hydrogen-bond acceptors (Lipinski definition) is 8. The Bertz CT molecular complexity index is 1000. The van der Waals surface area contributed by atoms with Crippen molar-refractivity contribution in [2.45, 2.75) is 18.2 Å². The minimum absolute atomic E-state index is 0.0231. The third-order valence-corrected chi connectivity index (χ3v) is 5.83. The number of non-ortho nitro benzene ring substituents is 1. The van der Waals surface area contributed by atoms with Crippen LogP contribution in [0.2, 0.25) is 0 Å². The second-order valence-corrected chi connectivity index (χ2v) is 8.14. The van der Waals surface area contributed by atoms with Gasteiger partial charge in [0.05, 0.1) is 10.7 Å². The molecule has 0 radical (unpaired) electrons. The number of carbonyl (C=O) groups is 1. The maximum Gasteiger partial charge on any atom is 0.269 e. The summed E-state index contributed by atoms with van der Waals surface area (Å²) in [5, 5.41) is 25.4. The van der Waals surface area contributed by atoms with Crippen molar-refractivity contribution >= 4 is 51.2 Å². The fourth-order valence-corrected chi connectivity index (χ4v) is 3.82. The average Bonchev–Trinajstić information content (AvgIpc) is 3.11. The van der Waals surface area contributed by atoms with Crippen molar-refractivity contribution in [2.24, 2.45) is 0 Å². The van der Waals surface area contributed by atoms with Gasteiger partial charge >= 0.3 is 0 Å². The lowest BCUT2D eigenvalue weighted by atomic mass is 10.1. The summed E-state index contributed by atoms with van der Waals surface area (Å²) in [4.78, 5) is 22.2. The Labute approximate surface area is 169 Å². The molecule has 2 N–H and O–H groups in total. The monoisotopic (exact) mass is 415 g/mol. The average molecular weight is 416 g/mol.